The van der Waals surface area contributed by atoms with Crippen LogP contribution in [0.2, 0.25) is 0 Å². The van der Waals surface area contributed by atoms with E-state index < -0.39 is 16.7 Å². The minimum Gasteiger partial charge on any atom is -0.468 e. The van der Waals surface area contributed by atoms with Gasteiger partial charge in [0, 0.05) is 35.7 Å². The Hall–Kier alpha value is -2.32. The summed E-state index contributed by atoms with van der Waals surface area (Å²) in [7, 11) is 2.62. The molecule has 1 amide bonds. The molecule has 0 aliphatic rings. The molecule has 27 heavy (non-hydrogen) atoms. The number of carbonyl (C=O) groups is 2. The van der Waals surface area contributed by atoms with Crippen molar-refractivity contribution in [1.29, 1.82) is 0 Å². The number of carbonyl (C=O) groups excluding carboxylic acids is 2. The van der Waals surface area contributed by atoms with Gasteiger partial charge in [-0.15, -0.1) is 0 Å². The third-order valence-electron chi connectivity index (χ3n) is 3.70. The van der Waals surface area contributed by atoms with Gasteiger partial charge in [-0.3, -0.25) is 18.8 Å². The van der Waals surface area contributed by atoms with Crippen LogP contribution in [0.3, 0.4) is 0 Å². The van der Waals surface area contributed by atoms with Crippen LogP contribution in [0, 0.1) is 0 Å². The molecule has 7 nitrogen and oxygen atoms in total. The molecule has 0 aliphatic heterocycles. The molecule has 1 unspecified atom stereocenters. The normalized spacial score (nSPS) is 12.1. The SMILES string of the molecule is CN(C)Cc1ccnc(CCC(=O)CNC(=O)CS(=O)Cc2ccco2)c1. The van der Waals surface area contributed by atoms with Crippen LogP contribution in [-0.2, 0) is 39.1 Å². The van der Waals surface area contributed by atoms with Crippen LogP contribution in [0.15, 0.2) is 41.1 Å². The number of hydrogen-bond donors (Lipinski definition) is 1. The van der Waals surface area contributed by atoms with Crippen molar-refractivity contribution in [3.05, 3.63) is 53.7 Å². The molecule has 2 rings (SSSR count). The van der Waals surface area contributed by atoms with Gasteiger partial charge in [0.15, 0.2) is 5.78 Å². The summed E-state index contributed by atoms with van der Waals surface area (Å²) in [4.78, 5) is 30.1. The van der Waals surface area contributed by atoms with Crippen molar-refractivity contribution in [2.24, 2.45) is 0 Å². The Balaban J connectivity index is 1.68. The number of ketones is 1. The molecule has 0 bridgehead atoms. The van der Waals surface area contributed by atoms with Crippen LogP contribution in [-0.4, -0.2) is 52.2 Å². The Morgan fingerprint density at radius 3 is 2.81 bits per heavy atom. The third-order valence-corrected chi connectivity index (χ3v) is 4.89. The van der Waals surface area contributed by atoms with E-state index in [0.29, 0.717) is 18.6 Å². The lowest BCUT2D eigenvalue weighted by atomic mass is 10.1. The van der Waals surface area contributed by atoms with Gasteiger partial charge in [-0.05, 0) is 50.3 Å². The topological polar surface area (TPSA) is 92.5 Å². The van der Waals surface area contributed by atoms with Crippen LogP contribution >= 0.6 is 0 Å². The van der Waals surface area contributed by atoms with Gasteiger partial charge in [0.05, 0.1) is 18.6 Å². The number of hydrogen-bond acceptors (Lipinski definition) is 6. The van der Waals surface area contributed by atoms with Crippen LogP contribution in [0.5, 0.6) is 0 Å². The summed E-state index contributed by atoms with van der Waals surface area (Å²) in [6, 6.07) is 7.36. The Kier molecular flexibility index (Phi) is 8.35. The predicted molar refractivity (Wildman–Crippen MR) is 103 cm³/mol. The van der Waals surface area contributed by atoms with Crippen molar-refractivity contribution in [3.63, 3.8) is 0 Å². The Morgan fingerprint density at radius 2 is 2.11 bits per heavy atom. The zero-order valence-corrected chi connectivity index (χ0v) is 16.5. The Morgan fingerprint density at radius 1 is 1.30 bits per heavy atom. The highest BCUT2D eigenvalue weighted by Crippen LogP contribution is 2.07. The van der Waals surface area contributed by atoms with Crippen molar-refractivity contribution in [3.8, 4) is 0 Å². The van der Waals surface area contributed by atoms with Gasteiger partial charge >= 0.3 is 0 Å². The summed E-state index contributed by atoms with van der Waals surface area (Å²) < 4.78 is 17.0. The summed E-state index contributed by atoms with van der Waals surface area (Å²) in [6.07, 6.45) is 4.07. The van der Waals surface area contributed by atoms with Crippen LogP contribution in [0.1, 0.15) is 23.4 Å². The summed E-state index contributed by atoms with van der Waals surface area (Å²) in [6.45, 7) is 0.753. The molecule has 2 aromatic rings. The fourth-order valence-corrected chi connectivity index (χ4v) is 3.46. The Bertz CT molecular complexity index is 775. The van der Waals surface area contributed by atoms with E-state index in [1.807, 2.05) is 26.2 Å². The zero-order chi connectivity index (χ0) is 19.6. The predicted octanol–water partition coefficient (Wildman–Crippen LogP) is 1.30. The number of pyridine rings is 1. The first kappa shape index (κ1) is 21.0. The van der Waals surface area contributed by atoms with E-state index in [0.717, 1.165) is 17.8 Å². The molecular weight excluding hydrogens is 366 g/mol. The van der Waals surface area contributed by atoms with Crippen LogP contribution in [0.4, 0.5) is 0 Å². The average Bonchev–Trinajstić information content (AvgIpc) is 3.10. The summed E-state index contributed by atoms with van der Waals surface area (Å²) in [5, 5.41) is 2.53. The number of nitrogens with one attached hydrogen (secondary N) is 1. The summed E-state index contributed by atoms with van der Waals surface area (Å²) in [5.74, 6) is 0.117. The van der Waals surface area contributed by atoms with E-state index in [2.05, 4.69) is 15.2 Å². The average molecular weight is 391 g/mol. The third kappa shape index (κ3) is 8.27. The van der Waals surface area contributed by atoms with Gasteiger partial charge in [-0.2, -0.15) is 0 Å². The second kappa shape index (κ2) is 10.7. The first-order chi connectivity index (χ1) is 12.9. The molecule has 0 spiro atoms. The molecule has 8 heteroatoms. The molecule has 0 saturated heterocycles. The van der Waals surface area contributed by atoms with Crippen molar-refractivity contribution < 1.29 is 18.2 Å². The number of furan rings is 1. The van der Waals surface area contributed by atoms with E-state index in [1.54, 1.807) is 18.3 Å². The largest absolute Gasteiger partial charge is 0.468 e. The molecule has 1 N–H and O–H groups in total. The fourth-order valence-electron chi connectivity index (χ4n) is 2.48. The van der Waals surface area contributed by atoms with Gasteiger partial charge in [0.1, 0.15) is 11.5 Å². The quantitative estimate of drug-likeness (QED) is 0.621. The highest BCUT2D eigenvalue weighted by molar-refractivity contribution is 7.84. The molecular formula is C19H25N3O4S. The molecule has 1 atom stereocenters. The second-order valence-corrected chi connectivity index (χ2v) is 7.97. The number of amides is 1. The van der Waals surface area contributed by atoms with E-state index in [1.165, 1.54) is 6.26 Å². The van der Waals surface area contributed by atoms with E-state index in [4.69, 9.17) is 4.42 Å². The van der Waals surface area contributed by atoms with Gasteiger partial charge in [-0.1, -0.05) is 0 Å². The number of aromatic nitrogens is 1. The maximum atomic E-state index is 12.0. The zero-order valence-electron chi connectivity index (χ0n) is 15.6. The smallest absolute Gasteiger partial charge is 0.232 e. The van der Waals surface area contributed by atoms with Crippen molar-refractivity contribution in [2.45, 2.75) is 25.1 Å². The number of nitrogens with zero attached hydrogens (tertiary/aromatic N) is 2. The molecule has 0 aromatic carbocycles. The molecule has 2 aromatic heterocycles. The molecule has 0 fully saturated rings. The standard InChI is InChI=1S/C19H25N3O4S/c1-22(2)12-15-7-8-20-16(10-15)5-6-17(23)11-21-19(24)14-27(25)13-18-4-3-9-26-18/h3-4,7-10H,5-6,11-14H2,1-2H3,(H,21,24). The van der Waals surface area contributed by atoms with E-state index in [9.17, 15) is 13.8 Å². The molecule has 146 valence electrons. The number of Topliss-reactive ketones (excluding diaryl/α,β-unsaturated/α-hetero) is 1. The second-order valence-electron chi connectivity index (χ2n) is 6.52. The minimum absolute atomic E-state index is 0.0613. The number of aryl methyl sites for hydroxylation is 1. The maximum Gasteiger partial charge on any atom is 0.232 e. The lowest BCUT2D eigenvalue weighted by Crippen LogP contribution is -2.33. The lowest BCUT2D eigenvalue weighted by molar-refractivity contribution is -0.123. The highest BCUT2D eigenvalue weighted by atomic mass is 32.2. The summed E-state index contributed by atoms with van der Waals surface area (Å²) >= 11 is 0. The Labute approximate surface area is 161 Å². The van der Waals surface area contributed by atoms with Crippen molar-refractivity contribution in [2.75, 3.05) is 26.4 Å². The maximum absolute atomic E-state index is 12.0. The molecule has 0 aliphatic carbocycles. The monoisotopic (exact) mass is 391 g/mol. The first-order valence-electron chi connectivity index (χ1n) is 8.66. The first-order valence-corrected chi connectivity index (χ1v) is 10.2. The minimum atomic E-state index is -1.37. The van der Waals surface area contributed by atoms with Crippen molar-refractivity contribution in [1.82, 2.24) is 15.2 Å². The van der Waals surface area contributed by atoms with Crippen molar-refractivity contribution >= 4 is 22.5 Å². The number of rotatable bonds is 11. The van der Waals surface area contributed by atoms with E-state index >= 15 is 0 Å². The van der Waals surface area contributed by atoms with Gasteiger partial charge in [0.25, 0.3) is 0 Å². The molecule has 0 radical (unpaired) electrons. The summed E-state index contributed by atoms with van der Waals surface area (Å²) in [5.41, 5.74) is 2.00. The fraction of sp³-hybridized carbons (Fsp3) is 0.421. The highest BCUT2D eigenvalue weighted by Gasteiger charge is 2.12. The van der Waals surface area contributed by atoms with Gasteiger partial charge < -0.3 is 14.6 Å². The van der Waals surface area contributed by atoms with Gasteiger partial charge in [-0.25, -0.2) is 0 Å². The van der Waals surface area contributed by atoms with E-state index in [-0.39, 0.29) is 23.8 Å². The molecule has 0 saturated carbocycles. The molecule has 2 heterocycles. The van der Waals surface area contributed by atoms with Crippen LogP contribution < -0.4 is 5.32 Å². The lowest BCUT2D eigenvalue weighted by Gasteiger charge is -2.10. The van der Waals surface area contributed by atoms with Crippen LogP contribution in [0.25, 0.3) is 0 Å². The van der Waals surface area contributed by atoms with Gasteiger partial charge in [0.2, 0.25) is 5.91 Å².